The third-order valence-electron chi connectivity index (χ3n) is 2.84. The Bertz CT molecular complexity index is 521. The number of rotatable bonds is 5. The van der Waals surface area contributed by atoms with E-state index in [1.54, 1.807) is 16.8 Å². The highest BCUT2D eigenvalue weighted by atomic mass is 19.1. The van der Waals surface area contributed by atoms with E-state index in [0.29, 0.717) is 31.4 Å². The Labute approximate surface area is 106 Å². The first kappa shape index (κ1) is 12.7. The topological polar surface area (TPSA) is 56.7 Å². The maximum atomic E-state index is 13.5. The molecular weight excluding hydrogens is 231 g/mol. The Balaban J connectivity index is 2.04. The standard InChI is InChI=1S/C13H17FN4/c1-18-13(16-12(17-18)8-9-15)7-6-10-4-2-3-5-11(10)14/h2-5H,6-9,15H2,1H3. The molecular formula is C13H17FN4. The van der Waals surface area contributed by atoms with Crippen LogP contribution < -0.4 is 5.73 Å². The van der Waals surface area contributed by atoms with E-state index >= 15 is 0 Å². The lowest BCUT2D eigenvalue weighted by Crippen LogP contribution is -2.04. The Morgan fingerprint density at radius 2 is 2.00 bits per heavy atom. The van der Waals surface area contributed by atoms with Crippen molar-refractivity contribution in [2.24, 2.45) is 12.8 Å². The van der Waals surface area contributed by atoms with Gasteiger partial charge in [0.25, 0.3) is 0 Å². The van der Waals surface area contributed by atoms with Crippen LogP contribution in [0.5, 0.6) is 0 Å². The van der Waals surface area contributed by atoms with E-state index in [9.17, 15) is 4.39 Å². The zero-order valence-corrected chi connectivity index (χ0v) is 10.4. The van der Waals surface area contributed by atoms with Gasteiger partial charge in [-0.25, -0.2) is 9.37 Å². The fourth-order valence-corrected chi connectivity index (χ4v) is 1.87. The smallest absolute Gasteiger partial charge is 0.152 e. The Kier molecular flexibility index (Phi) is 4.04. The molecule has 0 aliphatic rings. The van der Waals surface area contributed by atoms with E-state index in [1.165, 1.54) is 6.07 Å². The predicted octanol–water partition coefficient (Wildman–Crippen LogP) is 1.24. The molecule has 0 aliphatic carbocycles. The number of nitrogens with two attached hydrogens (primary N) is 1. The summed E-state index contributed by atoms with van der Waals surface area (Å²) >= 11 is 0. The van der Waals surface area contributed by atoms with Crippen molar-refractivity contribution in [2.45, 2.75) is 19.3 Å². The molecule has 96 valence electrons. The zero-order chi connectivity index (χ0) is 13.0. The number of hydrogen-bond donors (Lipinski definition) is 1. The number of hydrogen-bond acceptors (Lipinski definition) is 3. The summed E-state index contributed by atoms with van der Waals surface area (Å²) in [5.41, 5.74) is 6.18. The molecule has 2 N–H and O–H groups in total. The number of benzene rings is 1. The largest absolute Gasteiger partial charge is 0.330 e. The molecule has 1 heterocycles. The van der Waals surface area contributed by atoms with Crippen molar-refractivity contribution < 1.29 is 4.39 Å². The van der Waals surface area contributed by atoms with Crippen molar-refractivity contribution in [1.29, 1.82) is 0 Å². The second-order valence-electron chi connectivity index (χ2n) is 4.20. The molecule has 0 radical (unpaired) electrons. The van der Waals surface area contributed by atoms with Gasteiger partial charge in [0.15, 0.2) is 5.82 Å². The third-order valence-corrected chi connectivity index (χ3v) is 2.84. The van der Waals surface area contributed by atoms with Gasteiger partial charge >= 0.3 is 0 Å². The van der Waals surface area contributed by atoms with Gasteiger partial charge in [-0.15, -0.1) is 0 Å². The fraction of sp³-hybridized carbons (Fsp3) is 0.385. The van der Waals surface area contributed by atoms with Crippen LogP contribution in [0.4, 0.5) is 4.39 Å². The first-order valence-electron chi connectivity index (χ1n) is 6.03. The summed E-state index contributed by atoms with van der Waals surface area (Å²) in [6.07, 6.45) is 1.98. The van der Waals surface area contributed by atoms with Gasteiger partial charge in [-0.2, -0.15) is 5.10 Å². The van der Waals surface area contributed by atoms with Gasteiger partial charge in [-0.05, 0) is 24.6 Å². The maximum Gasteiger partial charge on any atom is 0.152 e. The summed E-state index contributed by atoms with van der Waals surface area (Å²) in [6.45, 7) is 0.538. The highest BCUT2D eigenvalue weighted by molar-refractivity contribution is 5.18. The molecule has 18 heavy (non-hydrogen) atoms. The van der Waals surface area contributed by atoms with E-state index in [0.717, 1.165) is 11.6 Å². The fourth-order valence-electron chi connectivity index (χ4n) is 1.87. The van der Waals surface area contributed by atoms with Gasteiger partial charge in [0.05, 0.1) is 0 Å². The molecule has 4 nitrogen and oxygen atoms in total. The van der Waals surface area contributed by atoms with Crippen molar-refractivity contribution in [2.75, 3.05) is 6.54 Å². The second-order valence-corrected chi connectivity index (χ2v) is 4.20. The minimum Gasteiger partial charge on any atom is -0.330 e. The number of aryl methyl sites for hydroxylation is 3. The van der Waals surface area contributed by atoms with Crippen LogP contribution in [0.2, 0.25) is 0 Å². The van der Waals surface area contributed by atoms with Crippen LogP contribution in [0.1, 0.15) is 17.2 Å². The van der Waals surface area contributed by atoms with Gasteiger partial charge in [0, 0.05) is 19.9 Å². The third kappa shape index (κ3) is 2.92. The molecule has 5 heteroatoms. The van der Waals surface area contributed by atoms with E-state index in [-0.39, 0.29) is 5.82 Å². The van der Waals surface area contributed by atoms with Crippen molar-refractivity contribution in [3.8, 4) is 0 Å². The van der Waals surface area contributed by atoms with Gasteiger partial charge in [0.1, 0.15) is 11.6 Å². The van der Waals surface area contributed by atoms with Gasteiger partial charge in [-0.3, -0.25) is 4.68 Å². The van der Waals surface area contributed by atoms with Crippen molar-refractivity contribution in [3.63, 3.8) is 0 Å². The molecule has 0 saturated carbocycles. The number of halogens is 1. The van der Waals surface area contributed by atoms with E-state index < -0.39 is 0 Å². The summed E-state index contributed by atoms with van der Waals surface area (Å²) in [5, 5.41) is 4.27. The molecule has 0 saturated heterocycles. The highest BCUT2D eigenvalue weighted by Crippen LogP contribution is 2.10. The maximum absolute atomic E-state index is 13.5. The molecule has 1 aromatic carbocycles. The minimum atomic E-state index is -0.165. The van der Waals surface area contributed by atoms with Gasteiger partial charge in [-0.1, -0.05) is 18.2 Å². The van der Waals surface area contributed by atoms with Gasteiger partial charge in [0.2, 0.25) is 0 Å². The molecule has 0 atom stereocenters. The molecule has 2 aromatic rings. The molecule has 0 aliphatic heterocycles. The summed E-state index contributed by atoms with van der Waals surface area (Å²) in [4.78, 5) is 4.39. The first-order valence-corrected chi connectivity index (χ1v) is 6.03. The molecule has 0 bridgehead atoms. The monoisotopic (exact) mass is 248 g/mol. The van der Waals surface area contributed by atoms with E-state index in [2.05, 4.69) is 10.1 Å². The number of aromatic nitrogens is 3. The quantitative estimate of drug-likeness (QED) is 0.866. The highest BCUT2D eigenvalue weighted by Gasteiger charge is 2.08. The zero-order valence-electron chi connectivity index (χ0n) is 10.4. The lowest BCUT2D eigenvalue weighted by atomic mass is 10.1. The van der Waals surface area contributed by atoms with Crippen LogP contribution in [0.3, 0.4) is 0 Å². The molecule has 1 aromatic heterocycles. The van der Waals surface area contributed by atoms with Crippen LogP contribution in [0.15, 0.2) is 24.3 Å². The molecule has 0 fully saturated rings. The van der Waals surface area contributed by atoms with Crippen LogP contribution in [0, 0.1) is 5.82 Å². The van der Waals surface area contributed by atoms with Crippen LogP contribution in [-0.2, 0) is 26.3 Å². The predicted molar refractivity (Wildman–Crippen MR) is 67.6 cm³/mol. The molecule has 2 rings (SSSR count). The van der Waals surface area contributed by atoms with Crippen molar-refractivity contribution in [1.82, 2.24) is 14.8 Å². The Hall–Kier alpha value is -1.75. The normalized spacial score (nSPS) is 10.8. The molecule has 0 unspecified atom stereocenters. The van der Waals surface area contributed by atoms with Crippen LogP contribution >= 0.6 is 0 Å². The lowest BCUT2D eigenvalue weighted by Gasteiger charge is -2.02. The average molecular weight is 248 g/mol. The summed E-state index contributed by atoms with van der Waals surface area (Å²) < 4.78 is 15.2. The van der Waals surface area contributed by atoms with Crippen molar-refractivity contribution >= 4 is 0 Å². The minimum absolute atomic E-state index is 0.165. The van der Waals surface area contributed by atoms with E-state index in [4.69, 9.17) is 5.73 Å². The SMILES string of the molecule is Cn1nc(CCN)nc1CCc1ccccc1F. The lowest BCUT2D eigenvalue weighted by molar-refractivity contribution is 0.603. The molecule has 0 amide bonds. The summed E-state index contributed by atoms with van der Waals surface area (Å²) in [6, 6.07) is 6.81. The summed E-state index contributed by atoms with van der Waals surface area (Å²) in [5.74, 6) is 1.45. The number of nitrogens with zero attached hydrogens (tertiary/aromatic N) is 3. The van der Waals surface area contributed by atoms with Crippen molar-refractivity contribution in [3.05, 3.63) is 47.3 Å². The Morgan fingerprint density at radius 3 is 2.72 bits per heavy atom. The van der Waals surface area contributed by atoms with E-state index in [1.807, 2.05) is 13.1 Å². The Morgan fingerprint density at radius 1 is 1.22 bits per heavy atom. The van der Waals surface area contributed by atoms with Gasteiger partial charge < -0.3 is 5.73 Å². The first-order chi connectivity index (χ1) is 8.70. The second kappa shape index (κ2) is 5.73. The van der Waals surface area contributed by atoms with Crippen LogP contribution in [-0.4, -0.2) is 21.3 Å². The summed E-state index contributed by atoms with van der Waals surface area (Å²) in [7, 11) is 1.85. The average Bonchev–Trinajstić information content (AvgIpc) is 2.69. The van der Waals surface area contributed by atoms with Crippen LogP contribution in [0.25, 0.3) is 0 Å². The molecule has 0 spiro atoms.